The average Bonchev–Trinajstić information content (AvgIpc) is 1.66. The number of primary sulfonamides is 1. The van der Waals surface area contributed by atoms with Crippen LogP contribution in [0.3, 0.4) is 0 Å². The Kier molecular flexibility index (Phi) is 31.8. The molecule has 0 bridgehead atoms. The molecule has 7 aromatic heterocycles. The van der Waals surface area contributed by atoms with Gasteiger partial charge in [-0.2, -0.15) is 35.7 Å². The number of anilines is 4. The van der Waals surface area contributed by atoms with Gasteiger partial charge in [-0.25, -0.2) is 50.7 Å². The number of aromatic amines is 3. The molecule has 0 spiro atoms. The molecule has 682 valence electrons. The number of esters is 3. The number of rotatable bonds is 16. The highest BCUT2D eigenvalue weighted by atomic mass is 32.2. The number of nitrogens with one attached hydrogen (secondary N) is 8. The standard InChI is InChI=1S/C21H23N3O4S.C13H21N3O4.C12H15N.C10H15N3O4.C6H8N4O3S.C6H8N4O.C5H5N3O4.C4H3N3O4/c25-15(10-18-16-5-1-3-13(16)9-14-4-2-6-17(14)18)12-29(27,28)19-11-23-24-8-7-22-21(26)20(19)24;1-6-7-16-10(11(17)19-5)9(8-14-16)15-12(18)20-13(2,3)4;13-12-10-5-1-3-8(10)7-9-4-2-6-11(9)12;1-10(2,3)17-9(15)12-6-5-11-13-7(6)8(14)16-4;7-14(12,13)4-3-9-10-2-1-8-6(11)5(4)10;7-4-3-9-10-2-1-8-6(11)5(4)10;1-12-5(9)4-3(8(10)11)2-6-7-4;8-4(9)3-2(7(10)11)1-5-6-3/h9,11H,1-8,10,12H2,(H,22,26);8H,6-7H2,1-5H3,(H,15,18);7H,1-6,13H2;5H,1-4H3,(H,11,13)(H,12,15);3H,1-2H2,(H,8,11)(H2,7,12,13);3H,1-2,7H2,(H,8,11);2H,1H3,(H,6,7);1H,(H,5,6)(H,8,9). The summed E-state index contributed by atoms with van der Waals surface area (Å²) < 4.78 is 77.5. The number of aromatic nitrogens is 14. The van der Waals surface area contributed by atoms with Gasteiger partial charge in [-0.1, -0.05) is 19.1 Å². The van der Waals surface area contributed by atoms with E-state index in [1.165, 1.54) is 136 Å². The first kappa shape index (κ1) is 96.5. The number of amides is 5. The summed E-state index contributed by atoms with van der Waals surface area (Å²) in [6, 6.07) is 4.72. The van der Waals surface area contributed by atoms with E-state index < -0.39 is 106 Å². The first-order valence-electron chi connectivity index (χ1n) is 39.5. The van der Waals surface area contributed by atoms with Crippen molar-refractivity contribution in [3.8, 4) is 0 Å². The monoisotopic (exact) mass is 1810 g/mol. The summed E-state index contributed by atoms with van der Waals surface area (Å²) in [6.45, 7) is 16.1. The number of H-pyrrole nitrogens is 3. The zero-order chi connectivity index (χ0) is 93.2. The van der Waals surface area contributed by atoms with E-state index in [1.54, 1.807) is 46.2 Å². The fourth-order valence-corrected chi connectivity index (χ4v) is 16.3. The number of carboxylic acids is 1. The summed E-state index contributed by atoms with van der Waals surface area (Å²) in [4.78, 5) is 133. The number of nitro groups is 2. The van der Waals surface area contributed by atoms with Crippen molar-refractivity contribution in [2.75, 3.05) is 68.8 Å². The lowest BCUT2D eigenvalue weighted by molar-refractivity contribution is -0.385. The Morgan fingerprint density at radius 2 is 0.945 bits per heavy atom. The van der Waals surface area contributed by atoms with Gasteiger partial charge in [-0.05, 0) is 175 Å². The number of fused-ring (bicyclic) bond motifs is 7. The molecule has 15 N–H and O–H groups in total. The normalized spacial score (nSPS) is 14.0. The van der Waals surface area contributed by atoms with Gasteiger partial charge < -0.3 is 56.2 Å². The van der Waals surface area contributed by atoms with Crippen LogP contribution in [0.25, 0.3) is 0 Å². The molecular weight excluding hydrogens is 1710 g/mol. The number of sulfonamides is 1. The number of aromatic carboxylic acids is 1. The summed E-state index contributed by atoms with van der Waals surface area (Å²) in [5.74, 6) is -5.35. The SMILES string of the molecule is CCCn1ncc(NC(=O)OC(C)(C)C)c1C(=O)OC.COC(=O)c1[nH]ncc1NC(=O)OC(C)(C)C.COC(=O)c1[nH]ncc1[N+](=O)[O-].NS(=O)(=O)c1cnn2c1C(=O)NCC2.Nc1c2c(cc3c1CCC3)CCC2.Nc1cnn2c1C(=O)NCC2.O=C(Cc1c2c(cc3c1CCC3)CCC2)CS(=O)(=O)c1cnn2c1C(=O)NCC2.O=C(O)c1[nH]ncc1[N+](=O)[O-]. The molecule has 5 amide bonds. The lowest BCUT2D eigenvalue weighted by Gasteiger charge is -2.19. The van der Waals surface area contributed by atoms with Crippen LogP contribution in [0.4, 0.5) is 43.7 Å². The lowest BCUT2D eigenvalue weighted by Crippen LogP contribution is -2.36. The van der Waals surface area contributed by atoms with E-state index in [4.69, 9.17) is 35.9 Å². The van der Waals surface area contributed by atoms with Crippen LogP contribution in [0.2, 0.25) is 0 Å². The Morgan fingerprint density at radius 1 is 0.535 bits per heavy atom. The van der Waals surface area contributed by atoms with Crippen molar-refractivity contribution in [2.45, 2.75) is 186 Å². The molecule has 0 unspecified atom stereocenters. The minimum atomic E-state index is -3.93. The van der Waals surface area contributed by atoms with Gasteiger partial charge in [0.05, 0.1) is 98.9 Å². The molecule has 48 nitrogen and oxygen atoms in total. The maximum atomic E-state index is 12.9. The average molecular weight is 1810 g/mol. The molecular formula is C77H98N24O24S2. The van der Waals surface area contributed by atoms with Crippen molar-refractivity contribution in [2.24, 2.45) is 5.14 Å². The van der Waals surface area contributed by atoms with E-state index in [0.29, 0.717) is 57.2 Å². The molecule has 127 heavy (non-hydrogen) atoms. The van der Waals surface area contributed by atoms with Crippen molar-refractivity contribution in [3.05, 3.63) is 166 Å². The van der Waals surface area contributed by atoms with Crippen LogP contribution in [0.5, 0.6) is 0 Å². The Hall–Kier alpha value is -14.3. The minimum Gasteiger partial charge on any atom is -0.476 e. The van der Waals surface area contributed by atoms with Crippen molar-refractivity contribution < 1.29 is 103 Å². The van der Waals surface area contributed by atoms with Gasteiger partial charge in [0, 0.05) is 38.3 Å². The first-order chi connectivity index (χ1) is 60.0. The minimum absolute atomic E-state index is 0.0127. The van der Waals surface area contributed by atoms with Gasteiger partial charge >= 0.3 is 47.4 Å². The number of sulfone groups is 1. The lowest BCUT2D eigenvalue weighted by atomic mass is 9.91. The van der Waals surface area contributed by atoms with Gasteiger partial charge in [-0.3, -0.25) is 84.1 Å². The van der Waals surface area contributed by atoms with E-state index in [0.717, 1.165) is 81.9 Å². The van der Waals surface area contributed by atoms with E-state index >= 15 is 0 Å². The van der Waals surface area contributed by atoms with E-state index in [-0.39, 0.29) is 73.4 Å². The van der Waals surface area contributed by atoms with Crippen molar-refractivity contribution in [1.29, 1.82) is 0 Å². The second-order valence-corrected chi connectivity index (χ2v) is 34.3. The van der Waals surface area contributed by atoms with Crippen molar-refractivity contribution >= 4 is 114 Å². The third kappa shape index (κ3) is 24.6. The summed E-state index contributed by atoms with van der Waals surface area (Å²) in [6.07, 6.45) is 21.7. The fourth-order valence-electron chi connectivity index (χ4n) is 14.3. The van der Waals surface area contributed by atoms with Crippen LogP contribution in [-0.2, 0) is 132 Å². The van der Waals surface area contributed by atoms with Crippen LogP contribution < -0.4 is 43.2 Å². The van der Waals surface area contributed by atoms with Crippen LogP contribution >= 0.6 is 0 Å². The highest BCUT2D eigenvalue weighted by molar-refractivity contribution is 7.92. The zero-order valence-corrected chi connectivity index (χ0v) is 72.6. The van der Waals surface area contributed by atoms with Gasteiger partial charge in [0.2, 0.25) is 21.4 Å². The molecule has 4 aliphatic carbocycles. The largest absolute Gasteiger partial charge is 0.476 e. The predicted molar refractivity (Wildman–Crippen MR) is 448 cm³/mol. The number of methoxy groups -OCH3 is 3. The number of hydrogen-bond donors (Lipinski definition) is 12. The van der Waals surface area contributed by atoms with Crippen molar-refractivity contribution in [1.82, 2.24) is 85.7 Å². The molecule has 0 fully saturated rings. The highest BCUT2D eigenvalue weighted by Crippen LogP contribution is 2.38. The third-order valence-corrected chi connectivity index (χ3v) is 22.2. The molecule has 0 atom stereocenters. The van der Waals surface area contributed by atoms with Crippen LogP contribution in [0, 0.1) is 20.2 Å². The number of ketones is 1. The van der Waals surface area contributed by atoms with Crippen LogP contribution in [0.1, 0.15) is 204 Å². The molecule has 7 aliphatic rings. The number of carbonyl (C=O) groups is 10. The maximum absolute atomic E-state index is 12.9. The number of carbonyl (C=O) groups excluding carboxylic acids is 9. The van der Waals surface area contributed by atoms with Crippen LogP contribution in [0.15, 0.2) is 65.3 Å². The third-order valence-electron chi connectivity index (χ3n) is 19.6. The Labute approximate surface area is 724 Å². The molecule has 3 aliphatic heterocycles. The Bertz CT molecular complexity index is 5810. The first-order valence-corrected chi connectivity index (χ1v) is 42.7. The number of ether oxygens (including phenoxy) is 5. The number of hydrogen-bond acceptors (Lipinski definition) is 32. The quantitative estimate of drug-likeness (QED) is 0.0199. The van der Waals surface area contributed by atoms with Gasteiger partial charge in [0.25, 0.3) is 17.7 Å². The smallest absolute Gasteiger partial charge is 0.412 e. The maximum Gasteiger partial charge on any atom is 0.412 e. The predicted octanol–water partition coefficient (Wildman–Crippen LogP) is 5.01. The second kappa shape index (κ2) is 41.9. The molecule has 16 rings (SSSR count). The molecule has 9 aromatic rings. The summed E-state index contributed by atoms with van der Waals surface area (Å²) in [7, 11) is -4.16. The fraction of sp³-hybridized carbons (Fsp3) is 0.442. The molecule has 2 aromatic carbocycles. The summed E-state index contributed by atoms with van der Waals surface area (Å²) >= 11 is 0. The van der Waals surface area contributed by atoms with Gasteiger partial charge in [-0.15, -0.1) is 0 Å². The molecule has 50 heteroatoms. The molecule has 0 saturated heterocycles. The number of nitrogens with zero attached hydrogens (tertiary/aromatic N) is 13. The second-order valence-electron chi connectivity index (χ2n) is 30.8. The molecule has 0 radical (unpaired) electrons. The topological polar surface area (TPSA) is 687 Å². The van der Waals surface area contributed by atoms with E-state index in [9.17, 15) is 85.0 Å². The Morgan fingerprint density at radius 3 is 1.39 bits per heavy atom. The van der Waals surface area contributed by atoms with E-state index in [2.05, 4.69) is 94.1 Å². The number of benzene rings is 2. The number of carboxylic acid groups (broad SMARTS) is 1. The molecule has 10 heterocycles. The summed E-state index contributed by atoms with van der Waals surface area (Å²) in [5.41, 5.74) is 24.0. The van der Waals surface area contributed by atoms with Gasteiger partial charge in [0.15, 0.2) is 27.0 Å². The van der Waals surface area contributed by atoms with Crippen molar-refractivity contribution in [3.63, 3.8) is 0 Å². The van der Waals surface area contributed by atoms with Gasteiger partial charge in [0.1, 0.15) is 56.2 Å². The number of nitrogen functional groups attached to an aromatic ring is 2. The molecule has 0 saturated carbocycles. The summed E-state index contributed by atoms with van der Waals surface area (Å²) in [5, 5.41) is 78.9. The number of aryl methyl sites for hydroxylation is 5. The zero-order valence-electron chi connectivity index (χ0n) is 71.0. The highest BCUT2D eigenvalue weighted by Gasteiger charge is 2.35. The van der Waals surface area contributed by atoms with Crippen LogP contribution in [-0.4, -0.2) is 219 Å². The number of Topliss-reactive ketones (excluding diaryl/α,β-unsaturated/α-hetero) is 1. The Balaban J connectivity index is 0.000000168. The van der Waals surface area contributed by atoms with E-state index in [1.807, 2.05) is 12.0 Å². The number of nitrogens with two attached hydrogens (primary N) is 3.